The van der Waals surface area contributed by atoms with Crippen LogP contribution in [0.2, 0.25) is 0 Å². The molecule has 7 nitrogen and oxygen atoms in total. The average molecular weight is 433 g/mol. The first-order chi connectivity index (χ1) is 14.4. The Morgan fingerprint density at radius 3 is 2.23 bits per heavy atom. The Balaban J connectivity index is 1.49. The van der Waals surface area contributed by atoms with E-state index in [0.717, 1.165) is 18.6 Å². The fourth-order valence-corrected chi connectivity index (χ4v) is 4.87. The van der Waals surface area contributed by atoms with E-state index in [1.54, 1.807) is 31.4 Å². The largest absolute Gasteiger partial charge is 0.497 e. The highest BCUT2D eigenvalue weighted by atomic mass is 32.2. The van der Waals surface area contributed by atoms with Crippen LogP contribution in [0.1, 0.15) is 35.7 Å². The second-order valence-corrected chi connectivity index (χ2v) is 9.39. The molecule has 0 saturated carbocycles. The fraction of sp³-hybridized carbons (Fsp3) is 0.409. The van der Waals surface area contributed by atoms with E-state index in [2.05, 4.69) is 5.32 Å². The van der Waals surface area contributed by atoms with Crippen molar-refractivity contribution in [3.05, 3.63) is 59.7 Å². The summed E-state index contributed by atoms with van der Waals surface area (Å²) in [4.78, 5) is 12.4. The normalized spacial score (nSPS) is 15.5. The summed E-state index contributed by atoms with van der Waals surface area (Å²) in [5.41, 5.74) is 1.16. The van der Waals surface area contributed by atoms with Gasteiger partial charge in [-0.1, -0.05) is 12.1 Å². The number of hydrogen-bond donors (Lipinski definition) is 1. The number of ether oxygens (including phenoxy) is 2. The summed E-state index contributed by atoms with van der Waals surface area (Å²) < 4.78 is 37.2. The predicted octanol–water partition coefficient (Wildman–Crippen LogP) is 2.82. The van der Waals surface area contributed by atoms with Gasteiger partial charge in [0, 0.05) is 18.7 Å². The number of rotatable bonds is 9. The van der Waals surface area contributed by atoms with Crippen LogP contribution >= 0.6 is 0 Å². The Morgan fingerprint density at radius 1 is 1.03 bits per heavy atom. The number of sulfonamides is 1. The van der Waals surface area contributed by atoms with Crippen molar-refractivity contribution in [3.63, 3.8) is 0 Å². The standard InChI is InChI=1S/C22H28N2O5S/c1-17(15-29-21-11-9-20(28-2)10-12-21)23-22(25)19-7-5-18(6-8-19)16-30(26,27)24-13-3-4-14-24/h5-12,17H,3-4,13-16H2,1-2H3,(H,23,25)/t17-/m1/s1. The molecule has 1 saturated heterocycles. The number of amides is 1. The van der Waals surface area contributed by atoms with E-state index in [9.17, 15) is 13.2 Å². The minimum absolute atomic E-state index is 0.0407. The molecular weight excluding hydrogens is 404 g/mol. The lowest BCUT2D eigenvalue weighted by molar-refractivity contribution is 0.0926. The molecule has 8 heteroatoms. The van der Waals surface area contributed by atoms with Gasteiger partial charge < -0.3 is 14.8 Å². The number of methoxy groups -OCH3 is 1. The van der Waals surface area contributed by atoms with E-state index < -0.39 is 10.0 Å². The highest BCUT2D eigenvalue weighted by Gasteiger charge is 2.25. The van der Waals surface area contributed by atoms with E-state index in [1.165, 1.54) is 4.31 Å². The highest BCUT2D eigenvalue weighted by Crippen LogP contribution is 2.18. The maximum absolute atomic E-state index is 12.4. The summed E-state index contributed by atoms with van der Waals surface area (Å²) in [6, 6.07) is 13.7. The Hall–Kier alpha value is -2.58. The van der Waals surface area contributed by atoms with Crippen LogP contribution in [0.25, 0.3) is 0 Å². The van der Waals surface area contributed by atoms with Crippen LogP contribution in [0.15, 0.2) is 48.5 Å². The number of hydrogen-bond acceptors (Lipinski definition) is 5. The van der Waals surface area contributed by atoms with Crippen molar-refractivity contribution in [1.82, 2.24) is 9.62 Å². The summed E-state index contributed by atoms with van der Waals surface area (Å²) in [7, 11) is -1.69. The van der Waals surface area contributed by atoms with Gasteiger partial charge >= 0.3 is 0 Å². The lowest BCUT2D eigenvalue weighted by Gasteiger charge is -2.16. The third kappa shape index (κ3) is 5.96. The molecule has 1 N–H and O–H groups in total. The lowest BCUT2D eigenvalue weighted by Crippen LogP contribution is -2.36. The molecule has 1 atom stereocenters. The van der Waals surface area contributed by atoms with E-state index in [0.29, 0.717) is 36.6 Å². The van der Waals surface area contributed by atoms with Gasteiger partial charge in [-0.2, -0.15) is 0 Å². The molecule has 30 heavy (non-hydrogen) atoms. The van der Waals surface area contributed by atoms with Crippen molar-refractivity contribution in [3.8, 4) is 11.5 Å². The molecular formula is C22H28N2O5S. The van der Waals surface area contributed by atoms with Crippen molar-refractivity contribution in [2.24, 2.45) is 0 Å². The van der Waals surface area contributed by atoms with Crippen LogP contribution in [0.3, 0.4) is 0 Å². The van der Waals surface area contributed by atoms with Crippen molar-refractivity contribution in [2.75, 3.05) is 26.8 Å². The van der Waals surface area contributed by atoms with Crippen LogP contribution in [0.4, 0.5) is 0 Å². The molecule has 1 aliphatic heterocycles. The predicted molar refractivity (Wildman–Crippen MR) is 115 cm³/mol. The fourth-order valence-electron chi connectivity index (χ4n) is 3.26. The van der Waals surface area contributed by atoms with E-state index in [1.807, 2.05) is 31.2 Å². The zero-order valence-corrected chi connectivity index (χ0v) is 18.2. The monoisotopic (exact) mass is 432 g/mol. The zero-order valence-electron chi connectivity index (χ0n) is 17.3. The van der Waals surface area contributed by atoms with Crippen molar-refractivity contribution in [1.29, 1.82) is 0 Å². The summed E-state index contributed by atoms with van der Waals surface area (Å²) in [6.45, 7) is 3.38. The molecule has 1 fully saturated rings. The van der Waals surface area contributed by atoms with Gasteiger partial charge in [-0.3, -0.25) is 4.79 Å². The Morgan fingerprint density at radius 2 is 1.63 bits per heavy atom. The average Bonchev–Trinajstić information content (AvgIpc) is 3.29. The third-order valence-corrected chi connectivity index (χ3v) is 6.81. The molecule has 2 aromatic rings. The zero-order chi connectivity index (χ0) is 21.6. The van der Waals surface area contributed by atoms with E-state index >= 15 is 0 Å². The smallest absolute Gasteiger partial charge is 0.251 e. The quantitative estimate of drug-likeness (QED) is 0.659. The second-order valence-electron chi connectivity index (χ2n) is 7.42. The second kappa shape index (κ2) is 9.95. The van der Waals surface area contributed by atoms with Crippen LogP contribution in [-0.4, -0.2) is 51.5 Å². The molecule has 1 amide bonds. The Kier molecular flexibility index (Phi) is 7.33. The molecule has 0 bridgehead atoms. The van der Waals surface area contributed by atoms with Gasteiger partial charge in [0.05, 0.1) is 18.9 Å². The molecule has 162 valence electrons. The summed E-state index contributed by atoms with van der Waals surface area (Å²) in [5, 5.41) is 2.89. The molecule has 1 aliphatic rings. The molecule has 0 unspecified atom stereocenters. The van der Waals surface area contributed by atoms with Crippen LogP contribution in [-0.2, 0) is 15.8 Å². The van der Waals surface area contributed by atoms with Crippen molar-refractivity contribution < 1.29 is 22.7 Å². The molecule has 0 aromatic heterocycles. The van der Waals surface area contributed by atoms with Gasteiger partial charge in [0.1, 0.15) is 18.1 Å². The molecule has 0 radical (unpaired) electrons. The first kappa shape index (κ1) is 22.1. The summed E-state index contributed by atoms with van der Waals surface area (Å²) in [6.07, 6.45) is 1.83. The number of nitrogens with one attached hydrogen (secondary N) is 1. The van der Waals surface area contributed by atoms with Gasteiger partial charge in [-0.25, -0.2) is 12.7 Å². The van der Waals surface area contributed by atoms with E-state index in [-0.39, 0.29) is 17.7 Å². The maximum Gasteiger partial charge on any atom is 0.251 e. The molecule has 3 rings (SSSR count). The van der Waals surface area contributed by atoms with Crippen LogP contribution in [0.5, 0.6) is 11.5 Å². The van der Waals surface area contributed by atoms with Crippen molar-refractivity contribution >= 4 is 15.9 Å². The van der Waals surface area contributed by atoms with E-state index in [4.69, 9.17) is 9.47 Å². The molecule has 1 heterocycles. The summed E-state index contributed by atoms with van der Waals surface area (Å²) in [5.74, 6) is 1.18. The molecule has 0 spiro atoms. The Bertz CT molecular complexity index is 936. The lowest BCUT2D eigenvalue weighted by atomic mass is 10.1. The number of carbonyl (C=O) groups is 1. The first-order valence-electron chi connectivity index (χ1n) is 10.0. The van der Waals surface area contributed by atoms with Crippen LogP contribution < -0.4 is 14.8 Å². The van der Waals surface area contributed by atoms with Gasteiger partial charge in [0.25, 0.3) is 5.91 Å². The third-order valence-electron chi connectivity index (χ3n) is 4.96. The first-order valence-corrected chi connectivity index (χ1v) is 11.6. The minimum Gasteiger partial charge on any atom is -0.497 e. The topological polar surface area (TPSA) is 84.9 Å². The summed E-state index contributed by atoms with van der Waals surface area (Å²) >= 11 is 0. The number of carbonyl (C=O) groups excluding carboxylic acids is 1. The number of nitrogens with zero attached hydrogens (tertiary/aromatic N) is 1. The van der Waals surface area contributed by atoms with Gasteiger partial charge in [0.15, 0.2) is 0 Å². The van der Waals surface area contributed by atoms with Gasteiger partial charge in [-0.15, -0.1) is 0 Å². The highest BCUT2D eigenvalue weighted by molar-refractivity contribution is 7.88. The Labute approximate surface area is 178 Å². The molecule has 0 aliphatic carbocycles. The number of benzene rings is 2. The SMILES string of the molecule is COc1ccc(OC[C@@H](C)NC(=O)c2ccc(CS(=O)(=O)N3CCCC3)cc2)cc1. The minimum atomic E-state index is -3.29. The van der Waals surface area contributed by atoms with Crippen molar-refractivity contribution in [2.45, 2.75) is 31.6 Å². The van der Waals surface area contributed by atoms with Gasteiger partial charge in [-0.05, 0) is 61.7 Å². The molecule has 2 aromatic carbocycles. The van der Waals surface area contributed by atoms with Crippen LogP contribution in [0, 0.1) is 0 Å². The van der Waals surface area contributed by atoms with Gasteiger partial charge in [0.2, 0.25) is 10.0 Å². The maximum atomic E-state index is 12.4.